The van der Waals surface area contributed by atoms with Gasteiger partial charge in [-0.3, -0.25) is 9.69 Å². The molecular weight excluding hydrogens is 500 g/mol. The Morgan fingerprint density at radius 3 is 2.49 bits per heavy atom. The van der Waals surface area contributed by atoms with Crippen LogP contribution in [0.15, 0.2) is 30.5 Å². The van der Waals surface area contributed by atoms with E-state index in [0.29, 0.717) is 59.2 Å². The molecule has 0 bridgehead atoms. The highest BCUT2D eigenvalue weighted by Gasteiger charge is 2.32. The summed E-state index contributed by atoms with van der Waals surface area (Å²) in [7, 11) is 0. The number of alkyl halides is 3. The summed E-state index contributed by atoms with van der Waals surface area (Å²) in [5, 5.41) is 10.9. The van der Waals surface area contributed by atoms with Gasteiger partial charge in [-0.2, -0.15) is 13.2 Å². The van der Waals surface area contributed by atoms with Gasteiger partial charge >= 0.3 is 12.1 Å². The van der Waals surface area contributed by atoms with E-state index in [1.165, 1.54) is 12.1 Å². The number of benzene rings is 2. The molecule has 1 aliphatic heterocycles. The summed E-state index contributed by atoms with van der Waals surface area (Å²) in [5.74, 6) is -1.06. The first-order valence-corrected chi connectivity index (χ1v) is 12.2. The second-order valence-electron chi connectivity index (χ2n) is 9.57. The van der Waals surface area contributed by atoms with Crippen LogP contribution in [0.3, 0.4) is 0 Å². The number of fused-ring (bicyclic) bond motifs is 1. The zero-order valence-electron chi connectivity index (χ0n) is 19.7. The molecule has 1 fully saturated rings. The zero-order valence-corrected chi connectivity index (χ0v) is 21.2. The van der Waals surface area contributed by atoms with Gasteiger partial charge in [-0.15, -0.1) is 0 Å². The average molecular weight is 527 g/mol. The number of aliphatic carboxylic acids is 1. The summed E-state index contributed by atoms with van der Waals surface area (Å²) in [4.78, 5) is 13.6. The topological polar surface area (TPSA) is 45.5 Å². The number of aromatic nitrogens is 1. The van der Waals surface area contributed by atoms with Crippen molar-refractivity contribution in [1.29, 1.82) is 0 Å². The molecule has 188 valence electrons. The molecule has 1 N–H and O–H groups in total. The number of carboxylic acid groups (broad SMARTS) is 1. The van der Waals surface area contributed by atoms with Crippen LogP contribution in [0.2, 0.25) is 10.0 Å². The Balaban J connectivity index is 1.64. The molecule has 9 heteroatoms. The molecule has 2 heterocycles. The number of piperidine rings is 1. The van der Waals surface area contributed by atoms with Crippen LogP contribution in [0.4, 0.5) is 13.2 Å². The van der Waals surface area contributed by atoms with Crippen molar-refractivity contribution in [1.82, 2.24) is 9.47 Å². The van der Waals surface area contributed by atoms with Crippen molar-refractivity contribution in [3.8, 4) is 0 Å². The third kappa shape index (κ3) is 5.18. The third-order valence-corrected chi connectivity index (χ3v) is 7.81. The highest BCUT2D eigenvalue weighted by molar-refractivity contribution is 6.36. The molecule has 4 nitrogen and oxygen atoms in total. The lowest BCUT2D eigenvalue weighted by atomic mass is 9.87. The largest absolute Gasteiger partial charge is 0.481 e. The number of carbonyl (C=O) groups is 1. The van der Waals surface area contributed by atoms with Gasteiger partial charge in [0.05, 0.1) is 28.6 Å². The Labute approximate surface area is 212 Å². The van der Waals surface area contributed by atoms with E-state index in [1.807, 2.05) is 23.8 Å². The minimum Gasteiger partial charge on any atom is -0.481 e. The normalized spacial score (nSPS) is 19.4. The molecule has 2 aromatic carbocycles. The first kappa shape index (κ1) is 25.9. The van der Waals surface area contributed by atoms with Gasteiger partial charge in [-0.1, -0.05) is 36.2 Å². The maximum atomic E-state index is 13.3. The number of likely N-dealkylation sites (tertiary alicyclic amines) is 1. The van der Waals surface area contributed by atoms with E-state index in [1.54, 1.807) is 19.9 Å². The summed E-state index contributed by atoms with van der Waals surface area (Å²) in [6.07, 6.45) is -2.00. The quantitative estimate of drug-likeness (QED) is 0.383. The van der Waals surface area contributed by atoms with Crippen molar-refractivity contribution in [2.24, 2.45) is 11.8 Å². The molecule has 0 saturated carbocycles. The van der Waals surface area contributed by atoms with Crippen LogP contribution < -0.4 is 0 Å². The fraction of sp³-hybridized carbons (Fsp3) is 0.423. The van der Waals surface area contributed by atoms with E-state index < -0.39 is 17.7 Å². The number of hydrogen-bond donors (Lipinski definition) is 1. The standard InChI is InChI=1S/C26H27Cl2F3N2O2/c1-14-8-18(26(29,30)31)9-20-16(3)11-33(24(14)20)13-21-22(27)5-4-17(23(21)28)12-32-7-6-19(25(34)35)15(2)10-32/h4-5,8-9,11,15,19H,6-7,10,12-13H2,1-3H3,(H,34,35)/t15-,19+/m1/s1. The van der Waals surface area contributed by atoms with Gasteiger partial charge in [-0.25, -0.2) is 0 Å². The van der Waals surface area contributed by atoms with E-state index in [-0.39, 0.29) is 11.8 Å². The van der Waals surface area contributed by atoms with Gasteiger partial charge in [0.25, 0.3) is 0 Å². The lowest BCUT2D eigenvalue weighted by molar-refractivity contribution is -0.145. The maximum Gasteiger partial charge on any atom is 0.416 e. The Morgan fingerprint density at radius 2 is 1.86 bits per heavy atom. The van der Waals surface area contributed by atoms with Crippen molar-refractivity contribution in [3.05, 3.63) is 68.3 Å². The smallest absolute Gasteiger partial charge is 0.416 e. The number of aryl methyl sites for hydroxylation is 2. The molecule has 2 atom stereocenters. The third-order valence-electron chi connectivity index (χ3n) is 6.98. The van der Waals surface area contributed by atoms with E-state index in [0.717, 1.165) is 16.6 Å². The Hall–Kier alpha value is -2.22. The molecule has 0 spiro atoms. The molecule has 1 saturated heterocycles. The van der Waals surface area contributed by atoms with Gasteiger partial charge in [0.2, 0.25) is 0 Å². The molecule has 0 amide bonds. The van der Waals surface area contributed by atoms with Crippen LogP contribution in [-0.4, -0.2) is 33.6 Å². The minimum absolute atomic E-state index is 0.0329. The zero-order chi connectivity index (χ0) is 25.7. The van der Waals surface area contributed by atoms with Gasteiger partial charge in [0, 0.05) is 35.3 Å². The van der Waals surface area contributed by atoms with Crippen LogP contribution in [0.1, 0.15) is 41.2 Å². The van der Waals surface area contributed by atoms with Crippen molar-refractivity contribution in [2.75, 3.05) is 13.1 Å². The highest BCUT2D eigenvalue weighted by Crippen LogP contribution is 2.37. The molecule has 35 heavy (non-hydrogen) atoms. The van der Waals surface area contributed by atoms with Gasteiger partial charge in [0.1, 0.15) is 0 Å². The highest BCUT2D eigenvalue weighted by atomic mass is 35.5. The summed E-state index contributed by atoms with van der Waals surface area (Å²) in [6.45, 7) is 7.63. The summed E-state index contributed by atoms with van der Waals surface area (Å²) < 4.78 is 41.9. The molecule has 0 aliphatic carbocycles. The lowest BCUT2D eigenvalue weighted by Crippen LogP contribution is -2.41. The molecule has 4 rings (SSSR count). The van der Waals surface area contributed by atoms with Crippen molar-refractivity contribution >= 4 is 40.1 Å². The molecular formula is C26H27Cl2F3N2O2. The van der Waals surface area contributed by atoms with Crippen LogP contribution in [0, 0.1) is 25.7 Å². The maximum absolute atomic E-state index is 13.3. The number of carboxylic acids is 1. The van der Waals surface area contributed by atoms with Crippen LogP contribution in [0.25, 0.3) is 10.9 Å². The number of hydrogen-bond acceptors (Lipinski definition) is 2. The van der Waals surface area contributed by atoms with Gasteiger partial charge in [0.15, 0.2) is 0 Å². The Kier molecular flexibility index (Phi) is 7.15. The van der Waals surface area contributed by atoms with Crippen LogP contribution in [0.5, 0.6) is 0 Å². The fourth-order valence-electron chi connectivity index (χ4n) is 5.18. The number of halogens is 5. The van der Waals surface area contributed by atoms with Gasteiger partial charge < -0.3 is 9.67 Å². The second-order valence-corrected chi connectivity index (χ2v) is 10.4. The second kappa shape index (κ2) is 9.68. The van der Waals surface area contributed by atoms with Crippen molar-refractivity contribution in [3.63, 3.8) is 0 Å². The molecule has 3 aromatic rings. The van der Waals surface area contributed by atoms with E-state index in [9.17, 15) is 23.1 Å². The first-order valence-electron chi connectivity index (χ1n) is 11.4. The van der Waals surface area contributed by atoms with Crippen LogP contribution in [-0.2, 0) is 24.1 Å². The molecule has 1 aromatic heterocycles. The van der Waals surface area contributed by atoms with Crippen molar-refractivity contribution < 1.29 is 23.1 Å². The molecule has 0 radical (unpaired) electrons. The Bertz CT molecular complexity index is 1290. The summed E-state index contributed by atoms with van der Waals surface area (Å²) in [5.41, 5.74) is 2.92. The summed E-state index contributed by atoms with van der Waals surface area (Å²) in [6, 6.07) is 6.02. The lowest BCUT2D eigenvalue weighted by Gasteiger charge is -2.35. The van der Waals surface area contributed by atoms with E-state index in [2.05, 4.69) is 4.90 Å². The van der Waals surface area contributed by atoms with E-state index in [4.69, 9.17) is 23.2 Å². The fourth-order valence-corrected chi connectivity index (χ4v) is 5.73. The van der Waals surface area contributed by atoms with Crippen LogP contribution >= 0.6 is 23.2 Å². The first-order chi connectivity index (χ1) is 16.4. The average Bonchev–Trinajstić information content (AvgIpc) is 3.08. The predicted octanol–water partition coefficient (Wildman–Crippen LogP) is 7.17. The number of nitrogens with zero attached hydrogens (tertiary/aromatic N) is 2. The number of rotatable bonds is 5. The van der Waals surface area contributed by atoms with Crippen molar-refractivity contribution in [2.45, 2.75) is 46.5 Å². The van der Waals surface area contributed by atoms with E-state index >= 15 is 0 Å². The molecule has 1 aliphatic rings. The monoisotopic (exact) mass is 526 g/mol. The molecule has 0 unspecified atom stereocenters. The summed E-state index contributed by atoms with van der Waals surface area (Å²) >= 11 is 13.3. The predicted molar refractivity (Wildman–Crippen MR) is 132 cm³/mol. The van der Waals surface area contributed by atoms with Gasteiger partial charge in [-0.05, 0) is 67.6 Å². The SMILES string of the molecule is Cc1cn(Cc2c(Cl)ccc(CN3CC[C@H](C(=O)O)[C@H](C)C3)c2Cl)c2c(C)cc(C(F)(F)F)cc12. The Morgan fingerprint density at radius 1 is 1.14 bits per heavy atom. The minimum atomic E-state index is -4.41.